The number of aromatic nitrogens is 2. The van der Waals surface area contributed by atoms with Crippen molar-refractivity contribution in [2.45, 2.75) is 19.8 Å². The number of aromatic carboxylic acids is 1. The van der Waals surface area contributed by atoms with E-state index in [4.69, 9.17) is 0 Å². The van der Waals surface area contributed by atoms with Crippen molar-refractivity contribution in [1.29, 1.82) is 0 Å². The van der Waals surface area contributed by atoms with Gasteiger partial charge in [0.25, 0.3) is 5.91 Å². The topological polar surface area (TPSA) is 75.4 Å². The van der Waals surface area contributed by atoms with Crippen molar-refractivity contribution < 1.29 is 14.7 Å². The highest BCUT2D eigenvalue weighted by Gasteiger charge is 2.29. The lowest BCUT2D eigenvalue weighted by Crippen LogP contribution is -2.37. The number of anilines is 1. The van der Waals surface area contributed by atoms with Gasteiger partial charge < -0.3 is 10.0 Å². The summed E-state index contributed by atoms with van der Waals surface area (Å²) in [4.78, 5) is 25.8. The Morgan fingerprint density at radius 2 is 2.09 bits per heavy atom. The van der Waals surface area contributed by atoms with Gasteiger partial charge in [-0.1, -0.05) is 17.7 Å². The Hall–Kier alpha value is -2.63. The number of carboxylic acid groups (broad SMARTS) is 1. The second-order valence-corrected chi connectivity index (χ2v) is 5.53. The SMILES string of the molecule is Cc1ccc2c(c1)CCCN2C(=O)c1c(C(=O)O)cnn1C. The van der Waals surface area contributed by atoms with Gasteiger partial charge in [0.05, 0.1) is 6.20 Å². The fourth-order valence-electron chi connectivity index (χ4n) is 2.91. The molecule has 0 unspecified atom stereocenters. The first-order chi connectivity index (χ1) is 10.5. The van der Waals surface area contributed by atoms with Gasteiger partial charge in [-0.2, -0.15) is 5.10 Å². The fraction of sp³-hybridized carbons (Fsp3) is 0.312. The average Bonchev–Trinajstić information content (AvgIpc) is 2.87. The van der Waals surface area contributed by atoms with Crippen LogP contribution in [-0.2, 0) is 13.5 Å². The molecule has 1 N–H and O–H groups in total. The summed E-state index contributed by atoms with van der Waals surface area (Å²) in [7, 11) is 1.58. The van der Waals surface area contributed by atoms with Gasteiger partial charge in [-0.05, 0) is 31.4 Å². The Morgan fingerprint density at radius 1 is 1.32 bits per heavy atom. The highest BCUT2D eigenvalue weighted by atomic mass is 16.4. The number of rotatable bonds is 2. The van der Waals surface area contributed by atoms with Crippen LogP contribution in [0.1, 0.15) is 38.4 Å². The fourth-order valence-corrected chi connectivity index (χ4v) is 2.91. The minimum absolute atomic E-state index is 0.0632. The van der Waals surface area contributed by atoms with Crippen LogP contribution in [0.5, 0.6) is 0 Å². The number of amides is 1. The molecule has 0 fully saturated rings. The van der Waals surface area contributed by atoms with E-state index in [0.717, 1.165) is 29.7 Å². The van der Waals surface area contributed by atoms with Gasteiger partial charge in [-0.25, -0.2) is 4.79 Å². The molecule has 2 aromatic rings. The number of hydrogen-bond acceptors (Lipinski definition) is 3. The van der Waals surface area contributed by atoms with Crippen LogP contribution in [0, 0.1) is 6.92 Å². The lowest BCUT2D eigenvalue weighted by molar-refractivity contribution is 0.0691. The number of hydrogen-bond donors (Lipinski definition) is 1. The Labute approximate surface area is 128 Å². The summed E-state index contributed by atoms with van der Waals surface area (Å²) in [5.41, 5.74) is 3.19. The van der Waals surface area contributed by atoms with Crippen LogP contribution >= 0.6 is 0 Å². The monoisotopic (exact) mass is 299 g/mol. The van der Waals surface area contributed by atoms with E-state index in [-0.39, 0.29) is 17.2 Å². The second kappa shape index (κ2) is 5.29. The van der Waals surface area contributed by atoms with Crippen LogP contribution in [0.15, 0.2) is 24.4 Å². The minimum atomic E-state index is -1.14. The van der Waals surface area contributed by atoms with Crippen molar-refractivity contribution >= 4 is 17.6 Å². The maximum Gasteiger partial charge on any atom is 0.339 e. The molecule has 1 aromatic heterocycles. The Kier molecular flexibility index (Phi) is 3.44. The Morgan fingerprint density at radius 3 is 2.82 bits per heavy atom. The van der Waals surface area contributed by atoms with Gasteiger partial charge in [-0.3, -0.25) is 9.48 Å². The molecule has 1 aromatic carbocycles. The molecule has 0 aliphatic carbocycles. The van der Waals surface area contributed by atoms with Crippen LogP contribution in [0.4, 0.5) is 5.69 Å². The summed E-state index contributed by atoms with van der Waals surface area (Å²) in [6.07, 6.45) is 3.01. The Balaban J connectivity index is 2.05. The number of fused-ring (bicyclic) bond motifs is 1. The Bertz CT molecular complexity index is 764. The van der Waals surface area contributed by atoms with Gasteiger partial charge in [0.15, 0.2) is 0 Å². The molecule has 0 saturated carbocycles. The number of aryl methyl sites for hydroxylation is 3. The van der Waals surface area contributed by atoms with Crippen LogP contribution in [0.2, 0.25) is 0 Å². The predicted molar refractivity (Wildman–Crippen MR) is 81.3 cm³/mol. The summed E-state index contributed by atoms with van der Waals surface area (Å²) in [5, 5.41) is 13.1. The van der Waals surface area contributed by atoms with Crippen molar-refractivity contribution in [2.75, 3.05) is 11.4 Å². The third kappa shape index (κ3) is 2.26. The van der Waals surface area contributed by atoms with Gasteiger partial charge in [0, 0.05) is 19.3 Å². The average molecular weight is 299 g/mol. The summed E-state index contributed by atoms with van der Waals surface area (Å²) < 4.78 is 1.33. The maximum absolute atomic E-state index is 12.9. The minimum Gasteiger partial charge on any atom is -0.478 e. The van der Waals surface area contributed by atoms with Crippen LogP contribution in [-0.4, -0.2) is 33.3 Å². The van der Waals surface area contributed by atoms with E-state index in [9.17, 15) is 14.7 Å². The summed E-state index contributed by atoms with van der Waals surface area (Å²) in [5.74, 6) is -1.46. The van der Waals surface area contributed by atoms with Crippen LogP contribution in [0.3, 0.4) is 0 Å². The summed E-state index contributed by atoms with van der Waals surface area (Å²) in [6, 6.07) is 5.97. The summed E-state index contributed by atoms with van der Waals surface area (Å²) in [6.45, 7) is 2.60. The molecule has 0 radical (unpaired) electrons. The molecule has 0 atom stereocenters. The molecule has 0 bridgehead atoms. The van der Waals surface area contributed by atoms with E-state index < -0.39 is 5.97 Å². The van der Waals surface area contributed by atoms with Crippen molar-refractivity contribution in [3.8, 4) is 0 Å². The maximum atomic E-state index is 12.9. The van der Waals surface area contributed by atoms with Gasteiger partial charge in [0.1, 0.15) is 11.3 Å². The first-order valence-corrected chi connectivity index (χ1v) is 7.15. The first kappa shape index (κ1) is 14.3. The van der Waals surface area contributed by atoms with Crippen molar-refractivity contribution in [3.05, 3.63) is 46.8 Å². The van der Waals surface area contributed by atoms with E-state index in [2.05, 4.69) is 11.2 Å². The largest absolute Gasteiger partial charge is 0.478 e. The molecule has 1 aliphatic rings. The highest BCUT2D eigenvalue weighted by Crippen LogP contribution is 2.29. The molecule has 1 amide bonds. The van der Waals surface area contributed by atoms with Gasteiger partial charge >= 0.3 is 5.97 Å². The van der Waals surface area contributed by atoms with E-state index >= 15 is 0 Å². The molecule has 114 valence electrons. The standard InChI is InChI=1S/C16H17N3O3/c1-10-5-6-13-11(8-10)4-3-7-19(13)15(20)14-12(16(21)22)9-17-18(14)2/h5-6,8-9H,3-4,7H2,1-2H3,(H,21,22). The normalized spacial score (nSPS) is 13.8. The number of carboxylic acids is 1. The third-order valence-corrected chi connectivity index (χ3v) is 3.97. The predicted octanol–water partition coefficient (Wildman–Crippen LogP) is 2.02. The molecular formula is C16H17N3O3. The molecule has 0 spiro atoms. The van der Waals surface area contributed by atoms with E-state index in [1.54, 1.807) is 11.9 Å². The lowest BCUT2D eigenvalue weighted by Gasteiger charge is -2.30. The van der Waals surface area contributed by atoms with E-state index in [1.807, 2.05) is 19.1 Å². The number of carbonyl (C=O) groups excluding carboxylic acids is 1. The second-order valence-electron chi connectivity index (χ2n) is 5.53. The zero-order chi connectivity index (χ0) is 15.9. The number of carbonyl (C=O) groups is 2. The van der Waals surface area contributed by atoms with Gasteiger partial charge in [0.2, 0.25) is 0 Å². The lowest BCUT2D eigenvalue weighted by atomic mass is 9.99. The number of nitrogens with zero attached hydrogens (tertiary/aromatic N) is 3. The molecule has 3 rings (SSSR count). The first-order valence-electron chi connectivity index (χ1n) is 7.15. The molecule has 2 heterocycles. The zero-order valence-electron chi connectivity index (χ0n) is 12.5. The molecule has 22 heavy (non-hydrogen) atoms. The van der Waals surface area contributed by atoms with Crippen molar-refractivity contribution in [3.63, 3.8) is 0 Å². The molecule has 1 aliphatic heterocycles. The molecule has 0 saturated heterocycles. The smallest absolute Gasteiger partial charge is 0.339 e. The van der Waals surface area contributed by atoms with Crippen molar-refractivity contribution in [1.82, 2.24) is 9.78 Å². The molecule has 6 heteroatoms. The summed E-state index contributed by atoms with van der Waals surface area (Å²) >= 11 is 0. The van der Waals surface area contributed by atoms with Crippen LogP contribution in [0.25, 0.3) is 0 Å². The quantitative estimate of drug-likeness (QED) is 0.920. The molecule has 6 nitrogen and oxygen atoms in total. The van der Waals surface area contributed by atoms with E-state index in [1.165, 1.54) is 10.9 Å². The van der Waals surface area contributed by atoms with Gasteiger partial charge in [-0.15, -0.1) is 0 Å². The van der Waals surface area contributed by atoms with E-state index in [0.29, 0.717) is 6.54 Å². The van der Waals surface area contributed by atoms with Crippen LogP contribution < -0.4 is 4.90 Å². The third-order valence-electron chi connectivity index (χ3n) is 3.97. The van der Waals surface area contributed by atoms with Crippen molar-refractivity contribution in [2.24, 2.45) is 7.05 Å². The molecular weight excluding hydrogens is 282 g/mol. The number of benzene rings is 1. The zero-order valence-corrected chi connectivity index (χ0v) is 12.5. The highest BCUT2D eigenvalue weighted by molar-refractivity contribution is 6.11.